The number of aromatic amines is 1. The summed E-state index contributed by atoms with van der Waals surface area (Å²) in [4.78, 5) is 22.7. The van der Waals surface area contributed by atoms with Crippen molar-refractivity contribution in [2.24, 2.45) is 0 Å². The molecule has 1 aromatic carbocycles. The molecule has 0 saturated heterocycles. The number of aromatic nitrogens is 3. The number of para-hydroxylation sites is 1. The lowest BCUT2D eigenvalue weighted by molar-refractivity contribution is -0.133. The lowest BCUT2D eigenvalue weighted by Gasteiger charge is -2.12. The van der Waals surface area contributed by atoms with Crippen molar-refractivity contribution in [1.82, 2.24) is 14.8 Å². The third-order valence-electron chi connectivity index (χ3n) is 2.89. The maximum Gasteiger partial charge on any atom is 0.348 e. The molecule has 0 spiro atoms. The van der Waals surface area contributed by atoms with E-state index < -0.39 is 5.97 Å². The molecular weight excluding hydrogens is 278 g/mol. The molecule has 2 rings (SSSR count). The standard InChI is InChI=1S/C13H15N3O3S/c1-3-9-6-4-5-8(2)11(9)16-12(19)14-15-13(16)20-7-10(17)18/h4-6H,3,7H2,1-2H3,(H,14,19)(H,17,18). The lowest BCUT2D eigenvalue weighted by atomic mass is 10.1. The monoisotopic (exact) mass is 293 g/mol. The van der Waals surface area contributed by atoms with Gasteiger partial charge in [0, 0.05) is 0 Å². The van der Waals surface area contributed by atoms with Gasteiger partial charge in [0.2, 0.25) is 0 Å². The van der Waals surface area contributed by atoms with Crippen molar-refractivity contribution in [1.29, 1.82) is 0 Å². The molecule has 0 aliphatic carbocycles. The largest absolute Gasteiger partial charge is 0.481 e. The fraction of sp³-hybridized carbons (Fsp3) is 0.308. The number of hydrogen-bond donors (Lipinski definition) is 2. The van der Waals surface area contributed by atoms with E-state index in [1.807, 2.05) is 32.0 Å². The van der Waals surface area contributed by atoms with Gasteiger partial charge in [-0.05, 0) is 24.5 Å². The Morgan fingerprint density at radius 1 is 1.50 bits per heavy atom. The Morgan fingerprint density at radius 2 is 2.25 bits per heavy atom. The Bertz CT molecular complexity index is 690. The first-order valence-electron chi connectivity index (χ1n) is 6.15. The van der Waals surface area contributed by atoms with Crippen molar-refractivity contribution in [3.05, 3.63) is 39.8 Å². The number of nitrogens with one attached hydrogen (secondary N) is 1. The van der Waals surface area contributed by atoms with Crippen LogP contribution < -0.4 is 5.69 Å². The second kappa shape index (κ2) is 5.96. The van der Waals surface area contributed by atoms with Crippen LogP contribution in [0.15, 0.2) is 28.2 Å². The summed E-state index contributed by atoms with van der Waals surface area (Å²) in [6, 6.07) is 5.81. The fourth-order valence-electron chi connectivity index (χ4n) is 2.03. The minimum absolute atomic E-state index is 0.141. The number of nitrogens with zero attached hydrogens (tertiary/aromatic N) is 2. The van der Waals surface area contributed by atoms with Gasteiger partial charge in [0.25, 0.3) is 0 Å². The molecule has 0 bridgehead atoms. The number of benzene rings is 1. The summed E-state index contributed by atoms with van der Waals surface area (Å²) in [6.45, 7) is 3.92. The van der Waals surface area contributed by atoms with E-state index in [0.29, 0.717) is 5.16 Å². The summed E-state index contributed by atoms with van der Waals surface area (Å²) in [5.41, 5.74) is 2.39. The summed E-state index contributed by atoms with van der Waals surface area (Å²) in [5.74, 6) is -1.09. The smallest absolute Gasteiger partial charge is 0.348 e. The maximum atomic E-state index is 12.0. The van der Waals surface area contributed by atoms with Crippen LogP contribution >= 0.6 is 11.8 Å². The summed E-state index contributed by atoms with van der Waals surface area (Å²) in [6.07, 6.45) is 0.775. The van der Waals surface area contributed by atoms with Gasteiger partial charge in [-0.3, -0.25) is 4.79 Å². The zero-order valence-electron chi connectivity index (χ0n) is 11.2. The predicted octanol–water partition coefficient (Wildman–Crippen LogP) is 1.61. The van der Waals surface area contributed by atoms with Gasteiger partial charge in [0.05, 0.1) is 11.4 Å². The van der Waals surface area contributed by atoms with Gasteiger partial charge < -0.3 is 5.11 Å². The van der Waals surface area contributed by atoms with Gasteiger partial charge in [0.1, 0.15) is 0 Å². The van der Waals surface area contributed by atoms with E-state index in [9.17, 15) is 9.59 Å². The molecule has 0 aliphatic rings. The van der Waals surface area contributed by atoms with E-state index in [1.165, 1.54) is 4.57 Å². The quantitative estimate of drug-likeness (QED) is 0.818. The Morgan fingerprint density at radius 3 is 2.90 bits per heavy atom. The average Bonchev–Trinajstić information content (AvgIpc) is 2.77. The molecule has 0 radical (unpaired) electrons. The van der Waals surface area contributed by atoms with Gasteiger partial charge in [-0.2, -0.15) is 0 Å². The van der Waals surface area contributed by atoms with Gasteiger partial charge >= 0.3 is 11.7 Å². The molecule has 2 aromatic rings. The molecule has 7 heteroatoms. The first-order valence-corrected chi connectivity index (χ1v) is 7.14. The van der Waals surface area contributed by atoms with E-state index >= 15 is 0 Å². The molecule has 1 heterocycles. The summed E-state index contributed by atoms with van der Waals surface area (Å²) >= 11 is 1.02. The highest BCUT2D eigenvalue weighted by molar-refractivity contribution is 7.99. The zero-order valence-corrected chi connectivity index (χ0v) is 12.0. The summed E-state index contributed by atoms with van der Waals surface area (Å²) < 4.78 is 1.45. The third kappa shape index (κ3) is 2.77. The Balaban J connectivity index is 2.55. The molecule has 20 heavy (non-hydrogen) atoms. The van der Waals surface area contributed by atoms with Crippen molar-refractivity contribution in [2.45, 2.75) is 25.4 Å². The van der Waals surface area contributed by atoms with Crippen LogP contribution in [0.25, 0.3) is 5.69 Å². The van der Waals surface area contributed by atoms with Crippen LogP contribution in [-0.4, -0.2) is 31.6 Å². The molecule has 0 atom stereocenters. The van der Waals surface area contributed by atoms with Gasteiger partial charge in [-0.25, -0.2) is 14.5 Å². The highest BCUT2D eigenvalue weighted by Gasteiger charge is 2.16. The summed E-state index contributed by atoms with van der Waals surface area (Å²) in [7, 11) is 0. The van der Waals surface area contributed by atoms with Crippen LogP contribution in [0.1, 0.15) is 18.1 Å². The maximum absolute atomic E-state index is 12.0. The number of rotatable bonds is 5. The molecule has 1 aromatic heterocycles. The number of aryl methyl sites for hydroxylation is 2. The number of thioether (sulfide) groups is 1. The second-order valence-corrected chi connectivity index (χ2v) is 5.21. The zero-order chi connectivity index (χ0) is 14.7. The van der Waals surface area contributed by atoms with E-state index in [1.54, 1.807) is 0 Å². The number of carbonyl (C=O) groups is 1. The lowest BCUT2D eigenvalue weighted by Crippen LogP contribution is -2.18. The molecule has 0 aliphatic heterocycles. The van der Waals surface area contributed by atoms with Gasteiger partial charge in [-0.15, -0.1) is 5.10 Å². The third-order valence-corrected chi connectivity index (χ3v) is 3.82. The number of H-pyrrole nitrogens is 1. The van der Waals surface area contributed by atoms with Gasteiger partial charge in [0.15, 0.2) is 5.16 Å². The molecule has 6 nitrogen and oxygen atoms in total. The number of carboxylic acids is 1. The minimum Gasteiger partial charge on any atom is -0.481 e. The van der Waals surface area contributed by atoms with Crippen molar-refractivity contribution < 1.29 is 9.90 Å². The summed E-state index contributed by atoms with van der Waals surface area (Å²) in [5, 5.41) is 15.4. The first kappa shape index (κ1) is 14.4. The van der Waals surface area contributed by atoms with Crippen molar-refractivity contribution in [3.63, 3.8) is 0 Å². The van der Waals surface area contributed by atoms with Crippen LogP contribution in [0, 0.1) is 6.92 Å². The van der Waals surface area contributed by atoms with Crippen molar-refractivity contribution >= 4 is 17.7 Å². The van der Waals surface area contributed by atoms with Crippen LogP contribution in [0.5, 0.6) is 0 Å². The second-order valence-electron chi connectivity index (χ2n) is 4.27. The van der Waals surface area contributed by atoms with Crippen molar-refractivity contribution in [2.75, 3.05) is 5.75 Å². The average molecular weight is 293 g/mol. The fourth-order valence-corrected chi connectivity index (χ4v) is 2.69. The molecule has 0 amide bonds. The normalized spacial score (nSPS) is 10.7. The molecule has 0 fully saturated rings. The van der Waals surface area contributed by atoms with Crippen LogP contribution in [-0.2, 0) is 11.2 Å². The molecule has 0 unspecified atom stereocenters. The van der Waals surface area contributed by atoms with Crippen LogP contribution in [0.4, 0.5) is 0 Å². The highest BCUT2D eigenvalue weighted by Crippen LogP contribution is 2.23. The molecule has 0 saturated carbocycles. The molecule has 2 N–H and O–H groups in total. The van der Waals surface area contributed by atoms with Gasteiger partial charge in [-0.1, -0.05) is 36.9 Å². The van der Waals surface area contributed by atoms with E-state index in [2.05, 4.69) is 10.2 Å². The highest BCUT2D eigenvalue weighted by atomic mass is 32.2. The van der Waals surface area contributed by atoms with Crippen LogP contribution in [0.3, 0.4) is 0 Å². The Kier molecular flexibility index (Phi) is 4.29. The Hall–Kier alpha value is -2.02. The van der Waals surface area contributed by atoms with E-state index in [-0.39, 0.29) is 11.4 Å². The molecule has 106 valence electrons. The van der Waals surface area contributed by atoms with Crippen molar-refractivity contribution in [3.8, 4) is 5.69 Å². The first-order chi connectivity index (χ1) is 9.54. The predicted molar refractivity (Wildman–Crippen MR) is 76.7 cm³/mol. The minimum atomic E-state index is -0.947. The SMILES string of the molecule is CCc1cccc(C)c1-n1c(SCC(=O)O)n[nH]c1=O. The molecular formula is C13H15N3O3S. The van der Waals surface area contributed by atoms with Crippen LogP contribution in [0.2, 0.25) is 0 Å². The van der Waals surface area contributed by atoms with E-state index in [0.717, 1.165) is 35.0 Å². The van der Waals surface area contributed by atoms with E-state index in [4.69, 9.17) is 5.11 Å². The number of hydrogen-bond acceptors (Lipinski definition) is 4. The number of aliphatic carboxylic acids is 1. The topological polar surface area (TPSA) is 88.0 Å². The number of carboxylic acid groups (broad SMARTS) is 1. The Labute approximate surface area is 119 Å².